The van der Waals surface area contributed by atoms with Crippen LogP contribution in [0.2, 0.25) is 0 Å². The lowest BCUT2D eigenvalue weighted by atomic mass is 10.1. The number of aliphatic hydroxyl groups excluding tert-OH is 1. The summed E-state index contributed by atoms with van der Waals surface area (Å²) in [4.78, 5) is 25.3. The first-order valence-electron chi connectivity index (χ1n) is 9.63. The zero-order chi connectivity index (χ0) is 21.6. The van der Waals surface area contributed by atoms with Crippen molar-refractivity contribution >= 4 is 18.0 Å². The number of carbonyl (C=O) groups excluding carboxylic acids is 2. The predicted octanol–water partition coefficient (Wildman–Crippen LogP) is 3.85. The molecule has 0 radical (unpaired) electrons. The van der Waals surface area contributed by atoms with Gasteiger partial charge >= 0.3 is 5.97 Å². The zero-order valence-electron chi connectivity index (χ0n) is 17.4. The number of amides is 1. The molecule has 158 valence electrons. The van der Waals surface area contributed by atoms with Gasteiger partial charge in [0.1, 0.15) is 5.75 Å². The summed E-state index contributed by atoms with van der Waals surface area (Å²) in [5.74, 6) is 0.284. The molecule has 1 aliphatic heterocycles. The van der Waals surface area contributed by atoms with Crippen LogP contribution in [0.1, 0.15) is 43.2 Å². The minimum absolute atomic E-state index is 0.00103. The van der Waals surface area contributed by atoms with Crippen molar-refractivity contribution in [2.45, 2.75) is 38.7 Å². The molecule has 0 bridgehead atoms. The van der Waals surface area contributed by atoms with E-state index in [4.69, 9.17) is 14.6 Å². The molecule has 29 heavy (non-hydrogen) atoms. The molecule has 0 aliphatic carbocycles. The van der Waals surface area contributed by atoms with Crippen LogP contribution in [0.3, 0.4) is 0 Å². The summed E-state index contributed by atoms with van der Waals surface area (Å²) < 4.78 is 10.6. The molecular weight excluding hydrogens is 370 g/mol. The van der Waals surface area contributed by atoms with Crippen LogP contribution in [0.5, 0.6) is 5.75 Å². The van der Waals surface area contributed by atoms with Crippen LogP contribution in [0.15, 0.2) is 49.2 Å². The summed E-state index contributed by atoms with van der Waals surface area (Å²) in [7, 11) is 2.62. The fourth-order valence-electron chi connectivity index (χ4n) is 2.94. The van der Waals surface area contributed by atoms with E-state index in [1.54, 1.807) is 30.2 Å². The van der Waals surface area contributed by atoms with Crippen LogP contribution >= 0.6 is 0 Å². The van der Waals surface area contributed by atoms with Gasteiger partial charge in [-0.1, -0.05) is 38.1 Å². The number of benzene rings is 1. The Bertz CT molecular complexity index is 721. The van der Waals surface area contributed by atoms with Crippen molar-refractivity contribution in [1.29, 1.82) is 0 Å². The van der Waals surface area contributed by atoms with Gasteiger partial charge in [0.2, 0.25) is 0 Å². The second-order valence-corrected chi connectivity index (χ2v) is 6.45. The molecule has 6 heteroatoms. The lowest BCUT2D eigenvalue weighted by Crippen LogP contribution is -2.24. The van der Waals surface area contributed by atoms with Crippen molar-refractivity contribution in [3.05, 3.63) is 60.3 Å². The van der Waals surface area contributed by atoms with Crippen molar-refractivity contribution in [3.63, 3.8) is 0 Å². The highest BCUT2D eigenvalue weighted by atomic mass is 16.5. The molecule has 0 atom stereocenters. The summed E-state index contributed by atoms with van der Waals surface area (Å²) in [5, 5.41) is 7.00. The number of aliphatic hydroxyl groups is 1. The first kappa shape index (κ1) is 24.3. The van der Waals surface area contributed by atoms with Gasteiger partial charge in [-0.25, -0.2) is 0 Å². The second-order valence-electron chi connectivity index (χ2n) is 6.45. The largest absolute Gasteiger partial charge is 0.427 e. The van der Waals surface area contributed by atoms with E-state index < -0.39 is 0 Å². The second kappa shape index (κ2) is 13.5. The zero-order valence-corrected chi connectivity index (χ0v) is 17.4. The molecule has 0 aromatic heterocycles. The molecule has 1 N–H and O–H groups in total. The Morgan fingerprint density at radius 2 is 1.90 bits per heavy atom. The minimum Gasteiger partial charge on any atom is -0.427 e. The predicted molar refractivity (Wildman–Crippen MR) is 114 cm³/mol. The monoisotopic (exact) mass is 401 g/mol. The van der Waals surface area contributed by atoms with E-state index >= 15 is 0 Å². The highest BCUT2D eigenvalue weighted by Crippen LogP contribution is 2.21. The smallest absolute Gasteiger partial charge is 0.311 e. The standard InChI is InChI=1S/C22H27NO4.CH4O/c1-4-18-11-12-20(15-19(18)16-26-3)27-22(25)9-7-5-6-8-14-23-17(2)10-13-21(23)24;1-2/h4,10-13,15H,1-2,5-9,14,16H2,3H3;2H,1H3. The van der Waals surface area contributed by atoms with Gasteiger partial charge in [-0.3, -0.25) is 9.59 Å². The number of hydrogen-bond donors (Lipinski definition) is 1. The van der Waals surface area contributed by atoms with E-state index in [1.807, 2.05) is 12.1 Å². The maximum Gasteiger partial charge on any atom is 0.311 e. The van der Waals surface area contributed by atoms with Crippen molar-refractivity contribution in [3.8, 4) is 5.75 Å². The van der Waals surface area contributed by atoms with Gasteiger partial charge in [0.05, 0.1) is 6.61 Å². The number of rotatable bonds is 11. The maximum atomic E-state index is 12.0. The Labute approximate surface area is 173 Å². The first-order valence-corrected chi connectivity index (χ1v) is 9.63. The first-order chi connectivity index (χ1) is 14.0. The Morgan fingerprint density at radius 3 is 2.52 bits per heavy atom. The van der Waals surface area contributed by atoms with Crippen LogP contribution < -0.4 is 4.74 Å². The molecule has 1 aliphatic rings. The van der Waals surface area contributed by atoms with E-state index in [9.17, 15) is 9.59 Å². The molecule has 6 nitrogen and oxygen atoms in total. The maximum absolute atomic E-state index is 12.0. The summed E-state index contributed by atoms with van der Waals surface area (Å²) in [6.07, 6.45) is 8.93. The number of allylic oxidation sites excluding steroid dienone is 1. The highest BCUT2D eigenvalue weighted by Gasteiger charge is 2.17. The summed E-state index contributed by atoms with van der Waals surface area (Å²) in [6, 6.07) is 5.45. The fraction of sp³-hybridized carbons (Fsp3) is 0.391. The lowest BCUT2D eigenvalue weighted by molar-refractivity contribution is -0.134. The summed E-state index contributed by atoms with van der Waals surface area (Å²) in [5.41, 5.74) is 2.65. The number of carbonyl (C=O) groups is 2. The molecule has 0 unspecified atom stereocenters. The van der Waals surface area contributed by atoms with Crippen molar-refractivity contribution in [2.24, 2.45) is 0 Å². The average Bonchev–Trinajstić information content (AvgIpc) is 3.04. The van der Waals surface area contributed by atoms with Crippen LogP contribution in [-0.4, -0.2) is 42.6 Å². The number of hydrogen-bond acceptors (Lipinski definition) is 5. The van der Waals surface area contributed by atoms with Crippen LogP contribution in [0.4, 0.5) is 0 Å². The van der Waals surface area contributed by atoms with E-state index in [0.29, 0.717) is 25.3 Å². The summed E-state index contributed by atoms with van der Waals surface area (Å²) >= 11 is 0. The molecule has 2 rings (SSSR count). The molecule has 1 amide bonds. The molecular formula is C23H31NO5. The van der Waals surface area contributed by atoms with E-state index in [1.165, 1.54) is 6.08 Å². The van der Waals surface area contributed by atoms with Crippen LogP contribution in [0, 0.1) is 0 Å². The molecule has 0 spiro atoms. The average molecular weight is 402 g/mol. The van der Waals surface area contributed by atoms with Gasteiger partial charge in [-0.2, -0.15) is 0 Å². The van der Waals surface area contributed by atoms with E-state index in [0.717, 1.165) is 49.6 Å². The molecule has 0 fully saturated rings. The quantitative estimate of drug-likeness (QED) is 0.346. The Kier molecular flexibility index (Phi) is 11.3. The number of methoxy groups -OCH3 is 1. The Morgan fingerprint density at radius 1 is 1.17 bits per heavy atom. The number of nitrogens with zero attached hydrogens (tertiary/aromatic N) is 1. The number of unbranched alkanes of at least 4 members (excludes halogenated alkanes) is 3. The Balaban J connectivity index is 0.00000204. The van der Waals surface area contributed by atoms with Crippen molar-refractivity contribution in [1.82, 2.24) is 4.90 Å². The molecule has 1 heterocycles. The molecule has 1 aromatic rings. The molecule has 1 aromatic carbocycles. The van der Waals surface area contributed by atoms with Gasteiger partial charge in [0.25, 0.3) is 5.91 Å². The lowest BCUT2D eigenvalue weighted by Gasteiger charge is -2.16. The van der Waals surface area contributed by atoms with Gasteiger partial charge < -0.3 is 19.5 Å². The number of esters is 1. The fourth-order valence-corrected chi connectivity index (χ4v) is 2.94. The Hall–Kier alpha value is -2.70. The van der Waals surface area contributed by atoms with E-state index in [-0.39, 0.29) is 11.9 Å². The van der Waals surface area contributed by atoms with Crippen LogP contribution in [-0.2, 0) is 20.9 Å². The van der Waals surface area contributed by atoms with E-state index in [2.05, 4.69) is 13.2 Å². The van der Waals surface area contributed by atoms with Gasteiger partial charge in [-0.15, -0.1) is 0 Å². The van der Waals surface area contributed by atoms with Gasteiger partial charge in [-0.05, 0) is 42.2 Å². The SMILES string of the molecule is C=Cc1ccc(OC(=O)CCCCCCN2C(=C)C=CC2=O)cc1COC.CO. The van der Waals surface area contributed by atoms with Crippen molar-refractivity contribution < 1.29 is 24.2 Å². The third-order valence-electron chi connectivity index (χ3n) is 4.41. The van der Waals surface area contributed by atoms with Gasteiger partial charge in [0.15, 0.2) is 0 Å². The van der Waals surface area contributed by atoms with Gasteiger partial charge in [0, 0.05) is 39.0 Å². The topological polar surface area (TPSA) is 76.1 Å². The third-order valence-corrected chi connectivity index (χ3v) is 4.41. The van der Waals surface area contributed by atoms with Crippen LogP contribution in [0.25, 0.3) is 6.08 Å². The molecule has 0 saturated heterocycles. The molecule has 0 saturated carbocycles. The van der Waals surface area contributed by atoms with Crippen molar-refractivity contribution in [2.75, 3.05) is 20.8 Å². The summed E-state index contributed by atoms with van der Waals surface area (Å²) in [6.45, 7) is 8.72. The third kappa shape index (κ3) is 8.05. The minimum atomic E-state index is -0.239. The highest BCUT2D eigenvalue weighted by molar-refractivity contribution is 5.92. The normalized spacial score (nSPS) is 12.6. The number of ether oxygens (including phenoxy) is 2.